The fraction of sp³-hybridized carbons (Fsp3) is 0.389. The molecule has 0 atom stereocenters. The van der Waals surface area contributed by atoms with Gasteiger partial charge in [-0.15, -0.1) is 11.3 Å². The molecule has 0 bridgehead atoms. The molecule has 1 amide bonds. The van der Waals surface area contributed by atoms with Gasteiger partial charge in [-0.1, -0.05) is 0 Å². The summed E-state index contributed by atoms with van der Waals surface area (Å²) >= 11 is 1.64. The lowest BCUT2D eigenvalue weighted by atomic mass is 10.1. The highest BCUT2D eigenvalue weighted by molar-refractivity contribution is 7.11. The van der Waals surface area contributed by atoms with E-state index in [2.05, 4.69) is 4.98 Å². The number of ether oxygens (including phenoxy) is 2. The van der Waals surface area contributed by atoms with Crippen molar-refractivity contribution in [1.29, 1.82) is 0 Å². The van der Waals surface area contributed by atoms with E-state index in [-0.39, 0.29) is 31.4 Å². The molecule has 0 fully saturated rings. The number of carbonyl (C=O) groups is 2. The maximum atomic E-state index is 12.3. The smallest absolute Gasteiger partial charge is 0.307 e. The van der Waals surface area contributed by atoms with Crippen LogP contribution in [0.4, 0.5) is 5.69 Å². The predicted molar refractivity (Wildman–Crippen MR) is 96.1 cm³/mol. The number of nitrogens with zero attached hydrogens (tertiary/aromatic N) is 2. The van der Waals surface area contributed by atoms with Crippen LogP contribution in [0.2, 0.25) is 0 Å². The van der Waals surface area contributed by atoms with E-state index in [1.54, 1.807) is 23.2 Å². The van der Waals surface area contributed by atoms with Gasteiger partial charge >= 0.3 is 5.97 Å². The highest BCUT2D eigenvalue weighted by atomic mass is 32.1. The summed E-state index contributed by atoms with van der Waals surface area (Å²) in [5, 5.41) is 0.997. The van der Waals surface area contributed by atoms with E-state index in [0.717, 1.165) is 21.1 Å². The van der Waals surface area contributed by atoms with E-state index in [1.807, 2.05) is 32.0 Å². The molecule has 0 spiro atoms. The third-order valence-electron chi connectivity index (χ3n) is 3.92. The van der Waals surface area contributed by atoms with Crippen molar-refractivity contribution < 1.29 is 19.1 Å². The number of fused-ring (bicyclic) bond motifs is 1. The third kappa shape index (κ3) is 3.66. The Morgan fingerprint density at radius 1 is 1.40 bits per heavy atom. The van der Waals surface area contributed by atoms with E-state index >= 15 is 0 Å². The van der Waals surface area contributed by atoms with Gasteiger partial charge in [-0.3, -0.25) is 9.59 Å². The van der Waals surface area contributed by atoms with Gasteiger partial charge in [0, 0.05) is 17.0 Å². The highest BCUT2D eigenvalue weighted by Gasteiger charge is 2.27. The summed E-state index contributed by atoms with van der Waals surface area (Å²) < 4.78 is 10.5. The quantitative estimate of drug-likeness (QED) is 0.767. The molecule has 6 nitrogen and oxygen atoms in total. The van der Waals surface area contributed by atoms with Crippen molar-refractivity contribution in [3.8, 4) is 17.0 Å². The average Bonchev–Trinajstić information content (AvgIpc) is 2.92. The molecule has 0 radical (unpaired) electrons. The number of aryl methyl sites for hydroxylation is 2. The van der Waals surface area contributed by atoms with Crippen LogP contribution in [0.25, 0.3) is 11.3 Å². The minimum atomic E-state index is -0.314. The Balaban J connectivity index is 1.90. The van der Waals surface area contributed by atoms with E-state index in [9.17, 15) is 9.59 Å². The molecule has 3 rings (SSSR count). The molecular formula is C18H20N2O4S. The number of hydrogen-bond donors (Lipinski definition) is 0. The lowest BCUT2D eigenvalue weighted by Crippen LogP contribution is -2.40. The molecule has 1 aromatic carbocycles. The zero-order valence-electron chi connectivity index (χ0n) is 14.5. The summed E-state index contributed by atoms with van der Waals surface area (Å²) in [6.45, 7) is 6.34. The number of carbonyl (C=O) groups excluding carboxylic acids is 2. The highest BCUT2D eigenvalue weighted by Crippen LogP contribution is 2.37. The first-order chi connectivity index (χ1) is 12.0. The third-order valence-corrected chi connectivity index (χ3v) is 4.81. The molecule has 132 valence electrons. The van der Waals surface area contributed by atoms with Gasteiger partial charge in [-0.2, -0.15) is 0 Å². The Labute approximate surface area is 150 Å². The zero-order chi connectivity index (χ0) is 18.0. The molecule has 1 aromatic heterocycles. The molecule has 7 heteroatoms. The SMILES string of the molecule is CCOC(=O)CCN1C(=O)COc2ccc(-c3nc(C)sc3C)cc21. The standard InChI is InChI=1S/C18H20N2O4S/c1-4-23-17(22)7-8-20-14-9-13(18-11(2)25-12(3)19-18)5-6-15(14)24-10-16(20)21/h5-6,9H,4,7-8,10H2,1-3H3. The van der Waals surface area contributed by atoms with Crippen molar-refractivity contribution in [2.45, 2.75) is 27.2 Å². The Hall–Kier alpha value is -2.41. The fourth-order valence-corrected chi connectivity index (χ4v) is 3.67. The summed E-state index contributed by atoms with van der Waals surface area (Å²) in [7, 11) is 0. The van der Waals surface area contributed by atoms with Crippen molar-refractivity contribution in [3.05, 3.63) is 28.1 Å². The van der Waals surface area contributed by atoms with Crippen LogP contribution in [-0.4, -0.2) is 36.6 Å². The summed E-state index contributed by atoms with van der Waals surface area (Å²) in [6, 6.07) is 5.70. The minimum Gasteiger partial charge on any atom is -0.482 e. The normalized spacial score (nSPS) is 13.4. The van der Waals surface area contributed by atoms with Gasteiger partial charge in [-0.05, 0) is 39.0 Å². The second-order valence-electron chi connectivity index (χ2n) is 5.71. The Kier molecular flexibility index (Phi) is 5.03. The van der Waals surface area contributed by atoms with Crippen LogP contribution in [0.5, 0.6) is 5.75 Å². The molecule has 0 unspecified atom stereocenters. The molecule has 2 heterocycles. The average molecular weight is 360 g/mol. The van der Waals surface area contributed by atoms with Crippen molar-refractivity contribution >= 4 is 28.9 Å². The first-order valence-electron chi connectivity index (χ1n) is 8.16. The van der Waals surface area contributed by atoms with Gasteiger partial charge in [0.15, 0.2) is 6.61 Å². The molecule has 1 aliphatic heterocycles. The van der Waals surface area contributed by atoms with Crippen LogP contribution in [-0.2, 0) is 14.3 Å². The van der Waals surface area contributed by atoms with Gasteiger partial charge in [-0.25, -0.2) is 4.98 Å². The van der Waals surface area contributed by atoms with Crippen molar-refractivity contribution in [3.63, 3.8) is 0 Å². The summed E-state index contributed by atoms with van der Waals surface area (Å²) in [4.78, 5) is 31.2. The number of rotatable bonds is 5. The second-order valence-corrected chi connectivity index (χ2v) is 7.12. The number of amides is 1. The monoisotopic (exact) mass is 360 g/mol. The number of esters is 1. The Bertz CT molecular complexity index is 815. The van der Waals surface area contributed by atoms with Crippen LogP contribution in [0.1, 0.15) is 23.2 Å². The largest absolute Gasteiger partial charge is 0.482 e. The van der Waals surface area contributed by atoms with E-state index < -0.39 is 0 Å². The van der Waals surface area contributed by atoms with Crippen molar-refractivity contribution in [2.75, 3.05) is 24.7 Å². The van der Waals surface area contributed by atoms with Crippen LogP contribution in [0.15, 0.2) is 18.2 Å². The fourth-order valence-electron chi connectivity index (χ4n) is 2.83. The topological polar surface area (TPSA) is 68.7 Å². The second kappa shape index (κ2) is 7.23. The number of anilines is 1. The number of aromatic nitrogens is 1. The van der Waals surface area contributed by atoms with Crippen molar-refractivity contribution in [1.82, 2.24) is 4.98 Å². The lowest BCUT2D eigenvalue weighted by Gasteiger charge is -2.29. The predicted octanol–water partition coefficient (Wildman–Crippen LogP) is 3.11. The summed E-state index contributed by atoms with van der Waals surface area (Å²) in [5.74, 6) is 0.155. The van der Waals surface area contributed by atoms with Gasteiger partial charge in [0.1, 0.15) is 5.75 Å². The first kappa shape index (κ1) is 17.4. The van der Waals surface area contributed by atoms with Crippen LogP contribution >= 0.6 is 11.3 Å². The number of thiazole rings is 1. The van der Waals surface area contributed by atoms with Gasteiger partial charge in [0.2, 0.25) is 0 Å². The van der Waals surface area contributed by atoms with Gasteiger partial charge in [0.25, 0.3) is 5.91 Å². The molecular weight excluding hydrogens is 340 g/mol. The van der Waals surface area contributed by atoms with E-state index in [0.29, 0.717) is 18.0 Å². The maximum Gasteiger partial charge on any atom is 0.307 e. The van der Waals surface area contributed by atoms with Gasteiger partial charge < -0.3 is 14.4 Å². The zero-order valence-corrected chi connectivity index (χ0v) is 15.3. The minimum absolute atomic E-state index is 0.0238. The van der Waals surface area contributed by atoms with E-state index in [1.165, 1.54) is 0 Å². The maximum absolute atomic E-state index is 12.3. The lowest BCUT2D eigenvalue weighted by molar-refractivity contribution is -0.142. The molecule has 1 aliphatic rings. The summed E-state index contributed by atoms with van der Waals surface area (Å²) in [6.07, 6.45) is 0.151. The van der Waals surface area contributed by atoms with Crippen LogP contribution in [0.3, 0.4) is 0 Å². The molecule has 25 heavy (non-hydrogen) atoms. The first-order valence-corrected chi connectivity index (χ1v) is 8.98. The molecule has 0 saturated heterocycles. The van der Waals surface area contributed by atoms with Gasteiger partial charge in [0.05, 0.1) is 29.4 Å². The molecule has 2 aromatic rings. The van der Waals surface area contributed by atoms with Crippen molar-refractivity contribution in [2.24, 2.45) is 0 Å². The molecule has 0 aliphatic carbocycles. The Morgan fingerprint density at radius 2 is 2.20 bits per heavy atom. The van der Waals surface area contributed by atoms with Crippen LogP contribution < -0.4 is 9.64 Å². The molecule has 0 N–H and O–H groups in total. The number of hydrogen-bond acceptors (Lipinski definition) is 6. The summed E-state index contributed by atoms with van der Waals surface area (Å²) in [5.41, 5.74) is 2.51. The van der Waals surface area contributed by atoms with E-state index in [4.69, 9.17) is 9.47 Å². The van der Waals surface area contributed by atoms with Crippen LogP contribution in [0, 0.1) is 13.8 Å². The Morgan fingerprint density at radius 3 is 2.88 bits per heavy atom. The number of benzene rings is 1. The molecule has 0 saturated carbocycles.